The summed E-state index contributed by atoms with van der Waals surface area (Å²) in [5, 5.41) is 0. The van der Waals surface area contributed by atoms with Crippen LogP contribution in [0.5, 0.6) is 0 Å². The SMILES string of the molecule is Cc1ccc(C2=Cc3cc4c(cc3C2)Cc2cc3c(cc2-4)Cc2cc4c(cc2-3)C=C(c2ccc(C(F)(F)F)cc2)C4)cc1. The van der Waals surface area contributed by atoms with Crippen LogP contribution in [0.15, 0.2) is 84.9 Å². The van der Waals surface area contributed by atoms with Gasteiger partial charge in [0.2, 0.25) is 0 Å². The van der Waals surface area contributed by atoms with E-state index in [0.717, 1.165) is 36.8 Å². The number of fused-ring (bicyclic) bond motifs is 8. The summed E-state index contributed by atoms with van der Waals surface area (Å²) in [7, 11) is 0. The second kappa shape index (κ2) is 8.70. The third-order valence-electron chi connectivity index (χ3n) is 9.83. The summed E-state index contributed by atoms with van der Waals surface area (Å²) in [6.45, 7) is 2.13. The van der Waals surface area contributed by atoms with E-state index in [0.29, 0.717) is 0 Å². The van der Waals surface area contributed by atoms with Gasteiger partial charge in [-0.2, -0.15) is 13.2 Å². The normalized spacial score (nSPS) is 15.3. The van der Waals surface area contributed by atoms with E-state index in [-0.39, 0.29) is 0 Å². The number of benzene rings is 5. The molecule has 0 aromatic heterocycles. The van der Waals surface area contributed by atoms with Crippen LogP contribution in [0.3, 0.4) is 0 Å². The highest BCUT2D eigenvalue weighted by Crippen LogP contribution is 2.48. The van der Waals surface area contributed by atoms with Crippen molar-refractivity contribution in [2.24, 2.45) is 0 Å². The minimum absolute atomic E-state index is 0.606. The molecule has 43 heavy (non-hydrogen) atoms. The van der Waals surface area contributed by atoms with Gasteiger partial charge >= 0.3 is 6.18 Å². The number of alkyl halides is 3. The molecule has 0 saturated carbocycles. The minimum Gasteiger partial charge on any atom is -0.166 e. The molecule has 0 amide bonds. The van der Waals surface area contributed by atoms with Crippen molar-refractivity contribution >= 4 is 23.3 Å². The van der Waals surface area contributed by atoms with E-state index in [2.05, 4.69) is 79.7 Å². The molecule has 0 N–H and O–H groups in total. The van der Waals surface area contributed by atoms with Crippen LogP contribution in [-0.2, 0) is 31.9 Å². The molecule has 0 radical (unpaired) electrons. The highest BCUT2D eigenvalue weighted by Gasteiger charge is 2.31. The largest absolute Gasteiger partial charge is 0.416 e. The lowest BCUT2D eigenvalue weighted by Crippen LogP contribution is -2.04. The van der Waals surface area contributed by atoms with Crippen LogP contribution in [-0.4, -0.2) is 0 Å². The van der Waals surface area contributed by atoms with Crippen LogP contribution in [0.4, 0.5) is 13.2 Å². The summed E-state index contributed by atoms with van der Waals surface area (Å²) in [6.07, 6.45) is 3.82. The van der Waals surface area contributed by atoms with Gasteiger partial charge in [0.15, 0.2) is 0 Å². The lowest BCUT2D eigenvalue weighted by molar-refractivity contribution is -0.137. The molecule has 0 unspecified atom stereocenters. The van der Waals surface area contributed by atoms with E-state index >= 15 is 0 Å². The predicted octanol–water partition coefficient (Wildman–Crippen LogP) is 10.3. The Hall–Kier alpha value is -4.63. The molecule has 0 heterocycles. The average Bonchev–Trinajstić information content (AvgIpc) is 3.75. The Kier molecular flexibility index (Phi) is 5.04. The number of halogens is 3. The summed E-state index contributed by atoms with van der Waals surface area (Å²) in [6, 6.07) is 28.7. The van der Waals surface area contributed by atoms with Gasteiger partial charge in [-0.3, -0.25) is 0 Å². The van der Waals surface area contributed by atoms with Crippen LogP contribution < -0.4 is 0 Å². The van der Waals surface area contributed by atoms with Gasteiger partial charge in [-0.15, -0.1) is 0 Å². The molecule has 0 nitrogen and oxygen atoms in total. The molecule has 3 heteroatoms. The van der Waals surface area contributed by atoms with E-state index in [1.165, 1.54) is 95.6 Å². The minimum atomic E-state index is -4.32. The van der Waals surface area contributed by atoms with Crippen molar-refractivity contribution in [2.45, 2.75) is 38.8 Å². The Balaban J connectivity index is 1.03. The Morgan fingerprint density at radius 2 is 0.884 bits per heavy atom. The molecule has 5 aromatic rings. The molecular weight excluding hydrogens is 537 g/mol. The van der Waals surface area contributed by atoms with Crippen LogP contribution in [0.2, 0.25) is 0 Å². The molecule has 0 bridgehead atoms. The Morgan fingerprint density at radius 3 is 1.35 bits per heavy atom. The van der Waals surface area contributed by atoms with E-state index in [9.17, 15) is 13.2 Å². The molecule has 4 aliphatic rings. The number of rotatable bonds is 2. The first-order valence-electron chi connectivity index (χ1n) is 14.9. The average molecular weight is 565 g/mol. The second-order valence-electron chi connectivity index (χ2n) is 12.6. The lowest BCUT2D eigenvalue weighted by Gasteiger charge is -2.08. The molecule has 0 fully saturated rings. The third-order valence-corrected chi connectivity index (χ3v) is 9.83. The van der Waals surface area contributed by atoms with Gasteiger partial charge in [-0.25, -0.2) is 0 Å². The van der Waals surface area contributed by atoms with E-state index < -0.39 is 11.7 Å². The smallest absolute Gasteiger partial charge is 0.166 e. The van der Waals surface area contributed by atoms with Crippen molar-refractivity contribution in [2.75, 3.05) is 0 Å². The van der Waals surface area contributed by atoms with Gasteiger partial charge in [0.1, 0.15) is 0 Å². The summed E-state index contributed by atoms with van der Waals surface area (Å²) in [5.41, 5.74) is 21.4. The van der Waals surface area contributed by atoms with Gasteiger partial charge in [0.25, 0.3) is 0 Å². The lowest BCUT2D eigenvalue weighted by atomic mass is 9.96. The molecule has 5 aromatic carbocycles. The first kappa shape index (κ1) is 24.9. The summed E-state index contributed by atoms with van der Waals surface area (Å²) < 4.78 is 39.1. The van der Waals surface area contributed by atoms with Gasteiger partial charge in [0, 0.05) is 0 Å². The molecule has 0 spiro atoms. The zero-order valence-corrected chi connectivity index (χ0v) is 23.7. The summed E-state index contributed by atoms with van der Waals surface area (Å²) >= 11 is 0. The van der Waals surface area contributed by atoms with Crippen LogP contribution in [0.1, 0.15) is 66.8 Å². The fraction of sp³-hybridized carbons (Fsp3) is 0.150. The van der Waals surface area contributed by atoms with Crippen LogP contribution >= 0.6 is 0 Å². The summed E-state index contributed by atoms with van der Waals surface area (Å²) in [4.78, 5) is 0. The van der Waals surface area contributed by atoms with Crippen LogP contribution in [0, 0.1) is 6.92 Å². The van der Waals surface area contributed by atoms with Crippen molar-refractivity contribution < 1.29 is 13.2 Å². The Bertz CT molecular complexity index is 2080. The third kappa shape index (κ3) is 3.91. The Morgan fingerprint density at radius 1 is 0.465 bits per heavy atom. The molecular formula is C40H27F3. The van der Waals surface area contributed by atoms with Gasteiger partial charge in [0.05, 0.1) is 5.56 Å². The van der Waals surface area contributed by atoms with Gasteiger partial charge in [-0.05, 0) is 158 Å². The summed E-state index contributed by atoms with van der Waals surface area (Å²) in [5.74, 6) is 0. The Labute approximate surface area is 248 Å². The zero-order chi connectivity index (χ0) is 29.0. The van der Waals surface area contributed by atoms with Crippen molar-refractivity contribution in [1.82, 2.24) is 0 Å². The quantitative estimate of drug-likeness (QED) is 0.196. The molecule has 0 aliphatic heterocycles. The van der Waals surface area contributed by atoms with Crippen molar-refractivity contribution in [3.8, 4) is 22.3 Å². The first-order chi connectivity index (χ1) is 20.8. The van der Waals surface area contributed by atoms with Gasteiger partial charge in [-0.1, -0.05) is 66.2 Å². The fourth-order valence-corrected chi connectivity index (χ4v) is 7.59. The maximum absolute atomic E-state index is 13.0. The van der Waals surface area contributed by atoms with E-state index in [4.69, 9.17) is 0 Å². The predicted molar refractivity (Wildman–Crippen MR) is 169 cm³/mol. The maximum atomic E-state index is 13.0. The van der Waals surface area contributed by atoms with Crippen LogP contribution in [0.25, 0.3) is 45.6 Å². The molecule has 208 valence electrons. The number of hydrogen-bond donors (Lipinski definition) is 0. The van der Waals surface area contributed by atoms with Crippen molar-refractivity contribution in [3.63, 3.8) is 0 Å². The highest BCUT2D eigenvalue weighted by atomic mass is 19.4. The maximum Gasteiger partial charge on any atom is 0.416 e. The van der Waals surface area contributed by atoms with Crippen molar-refractivity contribution in [1.29, 1.82) is 0 Å². The topological polar surface area (TPSA) is 0 Å². The standard InChI is InChI=1S/C40H27F3/c1-22-2-4-23(5-3-22)25-10-27-14-31-16-33-21-39-34(20-38(33)36(31)18-29(27)12-25)17-32-15-28-11-26(13-30(28)19-37(32)39)24-6-8-35(9-7-24)40(41,42)43/h2-9,12-15,18-21H,10-11,16-17H2,1H3. The number of aryl methyl sites for hydroxylation is 1. The van der Waals surface area contributed by atoms with Crippen molar-refractivity contribution in [3.05, 3.63) is 152 Å². The molecule has 9 rings (SSSR count). The monoisotopic (exact) mass is 564 g/mol. The number of hydrogen-bond acceptors (Lipinski definition) is 0. The zero-order valence-electron chi connectivity index (χ0n) is 23.7. The van der Waals surface area contributed by atoms with Gasteiger partial charge < -0.3 is 0 Å². The van der Waals surface area contributed by atoms with E-state index in [1.807, 2.05) is 0 Å². The highest BCUT2D eigenvalue weighted by molar-refractivity contribution is 5.94. The fourth-order valence-electron chi connectivity index (χ4n) is 7.59. The second-order valence-corrected chi connectivity index (χ2v) is 12.6. The molecule has 4 aliphatic carbocycles. The van der Waals surface area contributed by atoms with E-state index in [1.54, 1.807) is 12.1 Å². The number of allylic oxidation sites excluding steroid dienone is 2. The molecule has 0 atom stereocenters. The first-order valence-corrected chi connectivity index (χ1v) is 14.9. The molecule has 0 saturated heterocycles.